The largest absolute Gasteiger partial charge is 0.356 e. The molecular weight excluding hydrogens is 312 g/mol. The van der Waals surface area contributed by atoms with Crippen LogP contribution in [0, 0.1) is 11.8 Å². The lowest BCUT2D eigenvalue weighted by Gasteiger charge is -2.33. The summed E-state index contributed by atoms with van der Waals surface area (Å²) < 4.78 is 0. The van der Waals surface area contributed by atoms with Crippen molar-refractivity contribution in [2.75, 3.05) is 24.5 Å². The molecule has 0 radical (unpaired) electrons. The predicted octanol–water partition coefficient (Wildman–Crippen LogP) is 3.13. The van der Waals surface area contributed by atoms with Gasteiger partial charge in [0.05, 0.1) is 5.92 Å². The van der Waals surface area contributed by atoms with E-state index in [4.69, 9.17) is 4.98 Å². The second-order valence-electron chi connectivity index (χ2n) is 7.03. The van der Waals surface area contributed by atoms with Gasteiger partial charge in [0.15, 0.2) is 5.82 Å². The Morgan fingerprint density at radius 1 is 1.28 bits per heavy atom. The Kier molecular flexibility index (Phi) is 5.64. The van der Waals surface area contributed by atoms with Crippen LogP contribution in [-0.4, -0.2) is 35.5 Å². The minimum Gasteiger partial charge on any atom is -0.356 e. The fraction of sp³-hybridized carbons (Fsp3) is 0.450. The lowest BCUT2D eigenvalue weighted by atomic mass is 9.97. The molecule has 0 aliphatic carbocycles. The summed E-state index contributed by atoms with van der Waals surface area (Å²) in [4.78, 5) is 23.7. The van der Waals surface area contributed by atoms with Crippen molar-refractivity contribution in [3.05, 3.63) is 42.6 Å². The van der Waals surface area contributed by atoms with E-state index in [2.05, 4.69) is 29.0 Å². The van der Waals surface area contributed by atoms with E-state index in [1.165, 1.54) is 0 Å². The molecule has 25 heavy (non-hydrogen) atoms. The second-order valence-corrected chi connectivity index (χ2v) is 7.03. The highest BCUT2D eigenvalue weighted by Gasteiger charge is 2.26. The van der Waals surface area contributed by atoms with E-state index in [1.807, 2.05) is 36.4 Å². The van der Waals surface area contributed by atoms with Crippen LogP contribution in [0.5, 0.6) is 0 Å². The molecule has 1 unspecified atom stereocenters. The van der Waals surface area contributed by atoms with Gasteiger partial charge in [0.25, 0.3) is 0 Å². The lowest BCUT2D eigenvalue weighted by Crippen LogP contribution is -2.44. The van der Waals surface area contributed by atoms with E-state index >= 15 is 0 Å². The molecule has 1 aromatic heterocycles. The van der Waals surface area contributed by atoms with Gasteiger partial charge >= 0.3 is 0 Å². The lowest BCUT2D eigenvalue weighted by molar-refractivity contribution is -0.125. The molecule has 1 fully saturated rings. The van der Waals surface area contributed by atoms with Crippen molar-refractivity contribution in [2.45, 2.75) is 26.7 Å². The number of aromatic nitrogens is 2. The minimum atomic E-state index is 0.0302. The predicted molar refractivity (Wildman–Crippen MR) is 100 cm³/mol. The zero-order valence-electron chi connectivity index (χ0n) is 15.0. The topological polar surface area (TPSA) is 58.1 Å². The molecule has 0 spiro atoms. The SMILES string of the molecule is CC(C)CNC(=O)C1CCCN(c2ccnc(-c3ccccc3)n2)C1. The van der Waals surface area contributed by atoms with Crippen LogP contribution in [0.3, 0.4) is 0 Å². The van der Waals surface area contributed by atoms with Gasteiger partial charge in [-0.1, -0.05) is 44.2 Å². The summed E-state index contributed by atoms with van der Waals surface area (Å²) in [7, 11) is 0. The van der Waals surface area contributed by atoms with Gasteiger partial charge in [0.1, 0.15) is 5.82 Å². The Morgan fingerprint density at radius 3 is 2.84 bits per heavy atom. The molecule has 1 aliphatic rings. The summed E-state index contributed by atoms with van der Waals surface area (Å²) in [6, 6.07) is 11.9. The number of benzene rings is 1. The number of anilines is 1. The van der Waals surface area contributed by atoms with Crippen molar-refractivity contribution < 1.29 is 4.79 Å². The molecule has 0 saturated carbocycles. The number of amides is 1. The Bertz CT molecular complexity index is 702. The Hall–Kier alpha value is -2.43. The first-order chi connectivity index (χ1) is 12.1. The van der Waals surface area contributed by atoms with Crippen LogP contribution >= 0.6 is 0 Å². The fourth-order valence-electron chi connectivity index (χ4n) is 3.10. The highest BCUT2D eigenvalue weighted by Crippen LogP contribution is 2.23. The third-order valence-electron chi connectivity index (χ3n) is 4.47. The zero-order chi connectivity index (χ0) is 17.6. The summed E-state index contributed by atoms with van der Waals surface area (Å²) in [6.07, 6.45) is 3.74. The Morgan fingerprint density at radius 2 is 2.08 bits per heavy atom. The number of nitrogens with one attached hydrogen (secondary N) is 1. The second kappa shape index (κ2) is 8.10. The third kappa shape index (κ3) is 4.56. The Labute approximate surface area is 149 Å². The molecule has 1 atom stereocenters. The van der Waals surface area contributed by atoms with Gasteiger partial charge in [0, 0.05) is 31.4 Å². The summed E-state index contributed by atoms with van der Waals surface area (Å²) in [6.45, 7) is 6.61. The van der Waals surface area contributed by atoms with E-state index in [0.717, 1.165) is 49.7 Å². The van der Waals surface area contributed by atoms with Crippen LogP contribution in [0.4, 0.5) is 5.82 Å². The molecule has 2 heterocycles. The standard InChI is InChI=1S/C20H26N4O/c1-15(2)13-22-20(25)17-9-6-12-24(14-17)18-10-11-21-19(23-18)16-7-4-3-5-8-16/h3-5,7-8,10-11,15,17H,6,9,12-14H2,1-2H3,(H,22,25). The number of piperidine rings is 1. The number of carbonyl (C=O) groups is 1. The molecule has 5 heteroatoms. The highest BCUT2D eigenvalue weighted by atomic mass is 16.1. The molecule has 1 aromatic carbocycles. The van der Waals surface area contributed by atoms with Crippen molar-refractivity contribution in [2.24, 2.45) is 11.8 Å². The fourth-order valence-corrected chi connectivity index (χ4v) is 3.10. The highest BCUT2D eigenvalue weighted by molar-refractivity contribution is 5.79. The maximum absolute atomic E-state index is 12.4. The van der Waals surface area contributed by atoms with E-state index < -0.39 is 0 Å². The van der Waals surface area contributed by atoms with Gasteiger partial charge in [-0.15, -0.1) is 0 Å². The molecule has 0 bridgehead atoms. The average molecular weight is 338 g/mol. The van der Waals surface area contributed by atoms with Crippen LogP contribution < -0.4 is 10.2 Å². The van der Waals surface area contributed by atoms with E-state index in [0.29, 0.717) is 5.92 Å². The number of nitrogens with zero attached hydrogens (tertiary/aromatic N) is 3. The number of rotatable bonds is 5. The first-order valence-corrected chi connectivity index (χ1v) is 9.04. The van der Waals surface area contributed by atoms with Crippen molar-refractivity contribution >= 4 is 11.7 Å². The quantitative estimate of drug-likeness (QED) is 0.910. The van der Waals surface area contributed by atoms with Crippen LogP contribution in [0.15, 0.2) is 42.6 Å². The molecule has 5 nitrogen and oxygen atoms in total. The zero-order valence-corrected chi connectivity index (χ0v) is 15.0. The molecular formula is C20H26N4O. The Balaban J connectivity index is 1.70. The van der Waals surface area contributed by atoms with Crippen molar-refractivity contribution in [1.82, 2.24) is 15.3 Å². The van der Waals surface area contributed by atoms with Gasteiger partial charge < -0.3 is 10.2 Å². The molecule has 1 saturated heterocycles. The minimum absolute atomic E-state index is 0.0302. The smallest absolute Gasteiger partial charge is 0.224 e. The summed E-state index contributed by atoms with van der Waals surface area (Å²) >= 11 is 0. The van der Waals surface area contributed by atoms with Crippen molar-refractivity contribution in [3.63, 3.8) is 0 Å². The van der Waals surface area contributed by atoms with E-state index in [9.17, 15) is 4.79 Å². The monoisotopic (exact) mass is 338 g/mol. The van der Waals surface area contributed by atoms with Crippen LogP contribution in [0.2, 0.25) is 0 Å². The van der Waals surface area contributed by atoms with E-state index in [-0.39, 0.29) is 11.8 Å². The summed E-state index contributed by atoms with van der Waals surface area (Å²) in [5.74, 6) is 2.29. The molecule has 3 rings (SSSR count). The molecule has 1 N–H and O–H groups in total. The normalized spacial score (nSPS) is 17.6. The van der Waals surface area contributed by atoms with Gasteiger partial charge in [-0.05, 0) is 24.8 Å². The van der Waals surface area contributed by atoms with Crippen molar-refractivity contribution in [1.29, 1.82) is 0 Å². The maximum atomic E-state index is 12.4. The molecule has 1 aliphatic heterocycles. The number of hydrogen-bond acceptors (Lipinski definition) is 4. The van der Waals surface area contributed by atoms with Crippen LogP contribution in [0.25, 0.3) is 11.4 Å². The molecule has 1 amide bonds. The first-order valence-electron chi connectivity index (χ1n) is 9.04. The van der Waals surface area contributed by atoms with Crippen LogP contribution in [-0.2, 0) is 4.79 Å². The summed E-state index contributed by atoms with van der Waals surface area (Å²) in [5, 5.41) is 3.06. The summed E-state index contributed by atoms with van der Waals surface area (Å²) in [5.41, 5.74) is 1.01. The van der Waals surface area contributed by atoms with E-state index in [1.54, 1.807) is 6.20 Å². The van der Waals surface area contributed by atoms with Gasteiger partial charge in [-0.25, -0.2) is 9.97 Å². The number of hydrogen-bond donors (Lipinski definition) is 1. The average Bonchev–Trinajstić information content (AvgIpc) is 2.67. The van der Waals surface area contributed by atoms with Gasteiger partial charge in [0.2, 0.25) is 5.91 Å². The third-order valence-corrected chi connectivity index (χ3v) is 4.47. The first kappa shape index (κ1) is 17.4. The van der Waals surface area contributed by atoms with Gasteiger partial charge in [-0.2, -0.15) is 0 Å². The molecule has 132 valence electrons. The van der Waals surface area contributed by atoms with Crippen LogP contribution in [0.1, 0.15) is 26.7 Å². The van der Waals surface area contributed by atoms with Crippen molar-refractivity contribution in [3.8, 4) is 11.4 Å². The molecule has 2 aromatic rings. The maximum Gasteiger partial charge on any atom is 0.224 e. The number of carbonyl (C=O) groups excluding carboxylic acids is 1. The van der Waals surface area contributed by atoms with Gasteiger partial charge in [-0.3, -0.25) is 4.79 Å².